The van der Waals surface area contributed by atoms with E-state index in [2.05, 4.69) is 0 Å². The molecule has 0 aliphatic heterocycles. The van der Waals surface area contributed by atoms with Crippen molar-refractivity contribution in [2.75, 3.05) is 6.61 Å². The normalized spacial score (nSPS) is 10.3. The van der Waals surface area contributed by atoms with E-state index in [1.807, 2.05) is 13.8 Å². The number of benzene rings is 2. The Morgan fingerprint density at radius 2 is 1.74 bits per heavy atom. The monoisotopic (exact) mass is 332 g/mol. The smallest absolute Gasteiger partial charge is 0.347 e. The molecule has 0 unspecified atom stereocenters. The van der Waals surface area contributed by atoms with Gasteiger partial charge in [0.05, 0.1) is 12.2 Å². The van der Waals surface area contributed by atoms with Crippen molar-refractivity contribution in [3.63, 3.8) is 0 Å². The van der Waals surface area contributed by atoms with Crippen LogP contribution in [0.15, 0.2) is 36.4 Å². The van der Waals surface area contributed by atoms with Crippen LogP contribution in [0.2, 0.25) is 5.02 Å². The molecule has 2 rings (SSSR count). The Kier molecular flexibility index (Phi) is 5.40. The van der Waals surface area contributed by atoms with E-state index in [4.69, 9.17) is 21.1 Å². The zero-order chi connectivity index (χ0) is 17.0. The molecule has 0 atom stereocenters. The Morgan fingerprint density at radius 3 is 2.39 bits per heavy atom. The Balaban J connectivity index is 2.37. The number of carbonyl (C=O) groups excluding carboxylic acids is 2. The fraction of sp³-hybridized carbons (Fsp3) is 0.222. The third-order valence-corrected chi connectivity index (χ3v) is 3.41. The molecule has 120 valence electrons. The minimum atomic E-state index is -0.623. The molecular weight excluding hydrogens is 316 g/mol. The summed E-state index contributed by atoms with van der Waals surface area (Å²) in [6.45, 7) is 5.52. The average molecular weight is 333 g/mol. The molecule has 23 heavy (non-hydrogen) atoms. The van der Waals surface area contributed by atoms with Crippen LogP contribution in [0.4, 0.5) is 0 Å². The second-order valence-electron chi connectivity index (χ2n) is 5.02. The minimum Gasteiger partial charge on any atom is -0.493 e. The first-order valence-corrected chi connectivity index (χ1v) is 7.56. The van der Waals surface area contributed by atoms with Gasteiger partial charge in [0, 0.05) is 5.02 Å². The highest BCUT2D eigenvalue weighted by molar-refractivity contribution is 6.31. The van der Waals surface area contributed by atoms with Gasteiger partial charge in [-0.1, -0.05) is 23.2 Å². The molecule has 0 saturated heterocycles. The van der Waals surface area contributed by atoms with Gasteiger partial charge in [0.25, 0.3) is 0 Å². The molecule has 2 aromatic carbocycles. The Hall–Kier alpha value is -2.33. The van der Waals surface area contributed by atoms with Crippen LogP contribution >= 0.6 is 11.6 Å². The van der Waals surface area contributed by atoms with Crippen LogP contribution in [0.3, 0.4) is 0 Å². The Labute approximate surface area is 140 Å². The summed E-state index contributed by atoms with van der Waals surface area (Å²) in [6, 6.07) is 9.80. The van der Waals surface area contributed by atoms with E-state index in [1.54, 1.807) is 30.3 Å². The van der Waals surface area contributed by atoms with Crippen LogP contribution in [0.5, 0.6) is 11.5 Å². The molecule has 0 amide bonds. The van der Waals surface area contributed by atoms with Crippen molar-refractivity contribution in [3.8, 4) is 11.5 Å². The molecular formula is C18H17ClO4. The van der Waals surface area contributed by atoms with Crippen LogP contribution in [-0.2, 0) is 0 Å². The number of halogens is 1. The van der Waals surface area contributed by atoms with Crippen molar-refractivity contribution in [1.82, 2.24) is 0 Å². The summed E-state index contributed by atoms with van der Waals surface area (Å²) in [5.74, 6) is -0.191. The molecule has 0 aromatic heterocycles. The third-order valence-electron chi connectivity index (χ3n) is 3.18. The molecule has 0 bridgehead atoms. The Morgan fingerprint density at radius 1 is 1.04 bits per heavy atom. The molecule has 2 aromatic rings. The van der Waals surface area contributed by atoms with E-state index >= 15 is 0 Å². The number of aryl methyl sites for hydroxylation is 1. The Bertz CT molecular complexity index is 753. The van der Waals surface area contributed by atoms with Gasteiger partial charge < -0.3 is 9.47 Å². The van der Waals surface area contributed by atoms with E-state index in [1.165, 1.54) is 13.0 Å². The van der Waals surface area contributed by atoms with E-state index in [-0.39, 0.29) is 17.1 Å². The number of ether oxygens (including phenoxy) is 2. The largest absolute Gasteiger partial charge is 0.493 e. The van der Waals surface area contributed by atoms with Gasteiger partial charge in [-0.3, -0.25) is 4.79 Å². The topological polar surface area (TPSA) is 52.6 Å². The van der Waals surface area contributed by atoms with Gasteiger partial charge in [0.15, 0.2) is 5.78 Å². The number of esters is 1. The van der Waals surface area contributed by atoms with Crippen LogP contribution in [-0.4, -0.2) is 18.4 Å². The van der Waals surface area contributed by atoms with Gasteiger partial charge >= 0.3 is 5.97 Å². The molecule has 0 spiro atoms. The highest BCUT2D eigenvalue weighted by Gasteiger charge is 2.18. The first-order valence-electron chi connectivity index (χ1n) is 7.18. The molecule has 0 saturated carbocycles. The number of Topliss-reactive ketones (excluding diaryl/α,β-unsaturated/α-hetero) is 1. The molecule has 5 heteroatoms. The minimum absolute atomic E-state index is 0.173. The number of carbonyl (C=O) groups is 2. The maximum atomic E-state index is 12.4. The van der Waals surface area contributed by atoms with Crippen LogP contribution in [0.25, 0.3) is 0 Å². The summed E-state index contributed by atoms with van der Waals surface area (Å²) >= 11 is 5.95. The lowest BCUT2D eigenvalue weighted by Gasteiger charge is -2.12. The molecule has 0 heterocycles. The van der Waals surface area contributed by atoms with Gasteiger partial charge in [-0.25, -0.2) is 4.79 Å². The van der Waals surface area contributed by atoms with Gasteiger partial charge in [0.1, 0.15) is 17.1 Å². The van der Waals surface area contributed by atoms with Gasteiger partial charge in [-0.2, -0.15) is 0 Å². The highest BCUT2D eigenvalue weighted by Crippen LogP contribution is 2.27. The zero-order valence-electron chi connectivity index (χ0n) is 13.2. The molecule has 4 nitrogen and oxygen atoms in total. The first-order chi connectivity index (χ1) is 10.9. The van der Waals surface area contributed by atoms with E-state index in [0.29, 0.717) is 22.9 Å². The van der Waals surface area contributed by atoms with Crippen LogP contribution in [0, 0.1) is 6.92 Å². The third kappa shape index (κ3) is 4.11. The zero-order valence-corrected chi connectivity index (χ0v) is 13.9. The van der Waals surface area contributed by atoms with Crippen LogP contribution < -0.4 is 9.47 Å². The molecule has 0 fully saturated rings. The predicted octanol–water partition coefficient (Wildman–Crippen LogP) is 4.47. The fourth-order valence-corrected chi connectivity index (χ4v) is 2.28. The van der Waals surface area contributed by atoms with Crippen LogP contribution in [0.1, 0.15) is 40.1 Å². The second kappa shape index (κ2) is 7.29. The van der Waals surface area contributed by atoms with E-state index < -0.39 is 5.97 Å². The number of ketones is 1. The van der Waals surface area contributed by atoms with E-state index in [9.17, 15) is 9.59 Å². The summed E-state index contributed by atoms with van der Waals surface area (Å²) < 4.78 is 10.8. The average Bonchev–Trinajstić information content (AvgIpc) is 2.50. The van der Waals surface area contributed by atoms with Crippen molar-refractivity contribution in [2.24, 2.45) is 0 Å². The summed E-state index contributed by atoms with van der Waals surface area (Å²) in [5, 5.41) is 0.399. The predicted molar refractivity (Wildman–Crippen MR) is 88.8 cm³/mol. The molecule has 0 N–H and O–H groups in total. The molecule has 0 radical (unpaired) electrons. The standard InChI is InChI=1S/C18H17ClO4/c1-4-22-16-8-6-13(19)10-15(16)18(21)23-17-7-5-11(2)9-14(17)12(3)20/h5-10H,4H2,1-3H3. The summed E-state index contributed by atoms with van der Waals surface area (Å²) in [4.78, 5) is 24.2. The number of hydrogen-bond acceptors (Lipinski definition) is 4. The number of rotatable bonds is 5. The van der Waals surface area contributed by atoms with E-state index in [0.717, 1.165) is 5.56 Å². The van der Waals surface area contributed by atoms with Gasteiger partial charge in [-0.15, -0.1) is 0 Å². The quantitative estimate of drug-likeness (QED) is 0.460. The summed E-state index contributed by atoms with van der Waals surface area (Å²) in [6.07, 6.45) is 0. The van der Waals surface area contributed by atoms with Gasteiger partial charge in [-0.05, 0) is 51.1 Å². The second-order valence-corrected chi connectivity index (χ2v) is 5.46. The first kappa shape index (κ1) is 17.0. The highest BCUT2D eigenvalue weighted by atomic mass is 35.5. The van der Waals surface area contributed by atoms with Crippen molar-refractivity contribution < 1.29 is 19.1 Å². The number of hydrogen-bond donors (Lipinski definition) is 0. The lowest BCUT2D eigenvalue weighted by molar-refractivity contribution is 0.0728. The lowest BCUT2D eigenvalue weighted by atomic mass is 10.1. The van der Waals surface area contributed by atoms with Crippen molar-refractivity contribution in [1.29, 1.82) is 0 Å². The van der Waals surface area contributed by atoms with Crippen molar-refractivity contribution in [3.05, 3.63) is 58.1 Å². The van der Waals surface area contributed by atoms with Crippen molar-refractivity contribution >= 4 is 23.4 Å². The molecule has 0 aliphatic rings. The maximum Gasteiger partial charge on any atom is 0.347 e. The SMILES string of the molecule is CCOc1ccc(Cl)cc1C(=O)Oc1ccc(C)cc1C(C)=O. The molecule has 0 aliphatic carbocycles. The summed E-state index contributed by atoms with van der Waals surface area (Å²) in [5.41, 5.74) is 1.49. The fourth-order valence-electron chi connectivity index (χ4n) is 2.11. The lowest BCUT2D eigenvalue weighted by Crippen LogP contribution is -2.13. The summed E-state index contributed by atoms with van der Waals surface area (Å²) in [7, 11) is 0. The van der Waals surface area contributed by atoms with Crippen molar-refractivity contribution in [2.45, 2.75) is 20.8 Å². The van der Waals surface area contributed by atoms with Gasteiger partial charge in [0.2, 0.25) is 0 Å². The maximum absolute atomic E-state index is 12.4.